The van der Waals surface area contributed by atoms with Crippen LogP contribution in [0.4, 0.5) is 4.39 Å². The van der Waals surface area contributed by atoms with Gasteiger partial charge in [-0.15, -0.1) is 0 Å². The number of fused-ring (bicyclic) bond motifs is 1. The molecule has 1 aromatic heterocycles. The van der Waals surface area contributed by atoms with E-state index in [1.165, 1.54) is 18.2 Å². The normalized spacial score (nSPS) is 18.7. The van der Waals surface area contributed by atoms with E-state index in [0.717, 1.165) is 44.9 Å². The predicted molar refractivity (Wildman–Crippen MR) is 106 cm³/mol. The monoisotopic (exact) mass is 400 g/mol. The molecular weight excluding hydrogens is 375 g/mol. The number of halogens is 1. The second-order valence-corrected chi connectivity index (χ2v) is 7.95. The number of amides is 2. The molecule has 1 atom stereocenters. The number of hydrogen-bond acceptors (Lipinski definition) is 4. The van der Waals surface area contributed by atoms with Gasteiger partial charge in [0.2, 0.25) is 11.3 Å². The standard InChI is InChI=1S/C21H25FN4O3/c22-15-10-6-9-14-17(15)24-25-18(19(14)27)20(28)23-16(13-7-2-1-3-8-13)21(29)26-11-4-5-12-26/h6,9-10,13,16H,1-5,7-8,11-12H2,(H,23,28)(H,24,27)/t16-/m0/s1. The number of carbonyl (C=O) groups excluding carboxylic acids is 2. The predicted octanol–water partition coefficient (Wildman–Crippen LogP) is 2.36. The highest BCUT2D eigenvalue weighted by Gasteiger charge is 2.35. The van der Waals surface area contributed by atoms with Gasteiger partial charge in [-0.05, 0) is 43.7 Å². The molecule has 2 N–H and O–H groups in total. The topological polar surface area (TPSA) is 95.2 Å². The lowest BCUT2D eigenvalue weighted by atomic mass is 9.83. The molecule has 0 radical (unpaired) electrons. The summed E-state index contributed by atoms with van der Waals surface area (Å²) in [6.07, 6.45) is 6.86. The van der Waals surface area contributed by atoms with Crippen molar-refractivity contribution in [2.45, 2.75) is 51.0 Å². The lowest BCUT2D eigenvalue weighted by molar-refractivity contribution is -0.133. The number of hydrogen-bond donors (Lipinski definition) is 2. The molecule has 1 aliphatic carbocycles. The van der Waals surface area contributed by atoms with E-state index in [1.807, 2.05) is 0 Å². The van der Waals surface area contributed by atoms with Crippen LogP contribution < -0.4 is 10.7 Å². The average molecular weight is 400 g/mol. The summed E-state index contributed by atoms with van der Waals surface area (Å²) in [5.74, 6) is -1.33. The van der Waals surface area contributed by atoms with E-state index in [1.54, 1.807) is 4.90 Å². The molecule has 7 nitrogen and oxygen atoms in total. The van der Waals surface area contributed by atoms with Crippen molar-refractivity contribution in [1.82, 2.24) is 20.4 Å². The quantitative estimate of drug-likeness (QED) is 0.824. The van der Waals surface area contributed by atoms with Crippen LogP contribution in [-0.4, -0.2) is 46.0 Å². The number of benzene rings is 1. The van der Waals surface area contributed by atoms with Crippen LogP contribution in [0.2, 0.25) is 0 Å². The van der Waals surface area contributed by atoms with Gasteiger partial charge in [-0.25, -0.2) is 4.39 Å². The van der Waals surface area contributed by atoms with Crippen LogP contribution in [0.1, 0.15) is 55.4 Å². The fourth-order valence-corrected chi connectivity index (χ4v) is 4.46. The highest BCUT2D eigenvalue weighted by atomic mass is 19.1. The molecule has 2 amide bonds. The van der Waals surface area contributed by atoms with Crippen molar-refractivity contribution in [3.05, 3.63) is 39.9 Å². The third kappa shape index (κ3) is 3.88. The summed E-state index contributed by atoms with van der Waals surface area (Å²) in [6, 6.07) is 3.42. The lowest BCUT2D eigenvalue weighted by Crippen LogP contribution is -2.52. The van der Waals surface area contributed by atoms with E-state index in [9.17, 15) is 18.8 Å². The van der Waals surface area contributed by atoms with Crippen LogP contribution in [0.25, 0.3) is 10.9 Å². The first-order valence-electron chi connectivity index (χ1n) is 10.3. The van der Waals surface area contributed by atoms with Gasteiger partial charge in [-0.2, -0.15) is 5.10 Å². The van der Waals surface area contributed by atoms with Gasteiger partial charge >= 0.3 is 0 Å². The number of para-hydroxylation sites is 1. The summed E-state index contributed by atoms with van der Waals surface area (Å²) in [6.45, 7) is 1.40. The fourth-order valence-electron chi connectivity index (χ4n) is 4.46. The molecule has 1 saturated carbocycles. The smallest absolute Gasteiger partial charge is 0.276 e. The van der Waals surface area contributed by atoms with E-state index in [-0.39, 0.29) is 28.4 Å². The Kier molecular flexibility index (Phi) is 5.60. The number of aromatic nitrogens is 2. The molecule has 2 aromatic rings. The van der Waals surface area contributed by atoms with Crippen molar-refractivity contribution in [2.75, 3.05) is 13.1 Å². The van der Waals surface area contributed by atoms with Crippen LogP contribution in [0.5, 0.6) is 0 Å². The molecule has 8 heteroatoms. The van der Waals surface area contributed by atoms with Crippen LogP contribution in [0, 0.1) is 11.7 Å². The van der Waals surface area contributed by atoms with E-state index in [0.29, 0.717) is 13.1 Å². The lowest BCUT2D eigenvalue weighted by Gasteiger charge is -2.32. The SMILES string of the molecule is O=C(N[C@H](C(=O)N1CCCC1)C1CCCCC1)c1n[nH]c2c(F)cccc2c1=O. The minimum Gasteiger partial charge on any atom is -0.341 e. The maximum Gasteiger partial charge on any atom is 0.276 e. The summed E-state index contributed by atoms with van der Waals surface area (Å²) in [5, 5.41) is 9.13. The second-order valence-electron chi connectivity index (χ2n) is 7.95. The summed E-state index contributed by atoms with van der Waals surface area (Å²) in [5.41, 5.74) is -1.03. The summed E-state index contributed by atoms with van der Waals surface area (Å²) in [4.78, 5) is 40.5. The molecule has 2 aliphatic rings. The molecular formula is C21H25FN4O3. The van der Waals surface area contributed by atoms with Crippen molar-refractivity contribution in [2.24, 2.45) is 5.92 Å². The molecule has 1 aromatic carbocycles. The number of nitrogens with zero attached hydrogens (tertiary/aromatic N) is 2. The molecule has 154 valence electrons. The third-order valence-electron chi connectivity index (χ3n) is 6.06. The van der Waals surface area contributed by atoms with E-state index < -0.39 is 23.2 Å². The Labute approximate surface area is 167 Å². The van der Waals surface area contributed by atoms with Gasteiger partial charge in [0.25, 0.3) is 5.91 Å². The maximum atomic E-state index is 13.9. The zero-order valence-electron chi connectivity index (χ0n) is 16.2. The molecule has 1 saturated heterocycles. The maximum absolute atomic E-state index is 13.9. The summed E-state index contributed by atoms with van der Waals surface area (Å²) >= 11 is 0. The van der Waals surface area contributed by atoms with Gasteiger partial charge in [0.15, 0.2) is 5.69 Å². The number of likely N-dealkylation sites (tertiary alicyclic amines) is 1. The largest absolute Gasteiger partial charge is 0.341 e. The van der Waals surface area contributed by atoms with Crippen LogP contribution in [0.15, 0.2) is 23.0 Å². The Hall–Kier alpha value is -2.77. The summed E-state index contributed by atoms with van der Waals surface area (Å²) in [7, 11) is 0. The van der Waals surface area contributed by atoms with Gasteiger partial charge in [0, 0.05) is 13.1 Å². The first kappa shape index (κ1) is 19.5. The Balaban J connectivity index is 1.62. The number of nitrogens with one attached hydrogen (secondary N) is 2. The minimum atomic E-state index is -0.694. The van der Waals surface area contributed by atoms with Crippen molar-refractivity contribution >= 4 is 22.7 Å². The first-order chi connectivity index (χ1) is 14.1. The fraction of sp³-hybridized carbons (Fsp3) is 0.524. The zero-order chi connectivity index (χ0) is 20.4. The van der Waals surface area contributed by atoms with Gasteiger partial charge in [0.05, 0.1) is 5.39 Å². The molecule has 2 fully saturated rings. The molecule has 0 spiro atoms. The number of carbonyl (C=O) groups is 2. The number of aromatic amines is 1. The molecule has 1 aliphatic heterocycles. The van der Waals surface area contributed by atoms with Gasteiger partial charge in [-0.3, -0.25) is 19.5 Å². The highest BCUT2D eigenvalue weighted by Crippen LogP contribution is 2.28. The molecule has 0 unspecified atom stereocenters. The number of rotatable bonds is 4. The van der Waals surface area contributed by atoms with Crippen molar-refractivity contribution < 1.29 is 14.0 Å². The second kappa shape index (κ2) is 8.31. The van der Waals surface area contributed by atoms with Crippen LogP contribution in [0.3, 0.4) is 0 Å². The third-order valence-corrected chi connectivity index (χ3v) is 6.06. The molecule has 2 heterocycles. The van der Waals surface area contributed by atoms with Gasteiger partial charge in [-0.1, -0.05) is 25.3 Å². The molecule has 4 rings (SSSR count). The van der Waals surface area contributed by atoms with E-state index in [4.69, 9.17) is 0 Å². The van der Waals surface area contributed by atoms with Gasteiger partial charge in [0.1, 0.15) is 17.4 Å². The van der Waals surface area contributed by atoms with Crippen molar-refractivity contribution in [3.63, 3.8) is 0 Å². The molecule has 29 heavy (non-hydrogen) atoms. The minimum absolute atomic E-state index is 0.0361. The summed E-state index contributed by atoms with van der Waals surface area (Å²) < 4.78 is 13.9. The molecule has 0 bridgehead atoms. The Bertz CT molecular complexity index is 978. The zero-order valence-corrected chi connectivity index (χ0v) is 16.2. The van der Waals surface area contributed by atoms with Crippen molar-refractivity contribution in [3.8, 4) is 0 Å². The first-order valence-corrected chi connectivity index (χ1v) is 10.3. The van der Waals surface area contributed by atoms with Crippen LogP contribution >= 0.6 is 0 Å². The van der Waals surface area contributed by atoms with E-state index in [2.05, 4.69) is 15.5 Å². The average Bonchev–Trinajstić information content (AvgIpc) is 3.28. The highest BCUT2D eigenvalue weighted by molar-refractivity contribution is 5.98. The Morgan fingerprint density at radius 3 is 2.59 bits per heavy atom. The number of H-pyrrole nitrogens is 1. The van der Waals surface area contributed by atoms with E-state index >= 15 is 0 Å². The Morgan fingerprint density at radius 1 is 1.14 bits per heavy atom. The van der Waals surface area contributed by atoms with Gasteiger partial charge < -0.3 is 10.2 Å². The van der Waals surface area contributed by atoms with Crippen LogP contribution in [-0.2, 0) is 4.79 Å². The van der Waals surface area contributed by atoms with Crippen molar-refractivity contribution in [1.29, 1.82) is 0 Å². The Morgan fingerprint density at radius 2 is 1.86 bits per heavy atom.